The number of hydrogen-bond acceptors (Lipinski definition) is 4. The minimum atomic E-state index is -0.475. The first kappa shape index (κ1) is 18.4. The number of benzene rings is 3. The standard InChI is InChI=1S/C22H16ClN3O4/c23-10-13-11-25(19-9-20(27)15-3-1-2-4-16(15)21(13)19)22(28)18-7-12-5-6-14(26(29)30)8-17(12)24-18/h1-9,13,24,27H,10-11H2/t13-/m1/s1. The van der Waals surface area contributed by atoms with Crippen LogP contribution in [0.1, 0.15) is 22.0 Å². The summed E-state index contributed by atoms with van der Waals surface area (Å²) in [5, 5.41) is 23.8. The zero-order valence-electron chi connectivity index (χ0n) is 15.6. The van der Waals surface area contributed by atoms with Crippen LogP contribution in [0.2, 0.25) is 0 Å². The molecule has 150 valence electrons. The number of anilines is 1. The first-order valence-electron chi connectivity index (χ1n) is 9.37. The summed E-state index contributed by atoms with van der Waals surface area (Å²) in [5.74, 6) is 0.0911. The minimum Gasteiger partial charge on any atom is -0.507 e. The van der Waals surface area contributed by atoms with Gasteiger partial charge in [0.05, 0.1) is 16.1 Å². The largest absolute Gasteiger partial charge is 0.507 e. The Morgan fingerprint density at radius 1 is 1.20 bits per heavy atom. The van der Waals surface area contributed by atoms with E-state index in [1.54, 1.807) is 23.1 Å². The molecule has 1 aliphatic rings. The smallest absolute Gasteiger partial charge is 0.274 e. The van der Waals surface area contributed by atoms with E-state index >= 15 is 0 Å². The number of carbonyl (C=O) groups excluding carboxylic acids is 1. The summed E-state index contributed by atoms with van der Waals surface area (Å²) >= 11 is 6.23. The van der Waals surface area contributed by atoms with Crippen LogP contribution in [0, 0.1) is 10.1 Å². The number of amides is 1. The van der Waals surface area contributed by atoms with Gasteiger partial charge in [0, 0.05) is 47.3 Å². The zero-order chi connectivity index (χ0) is 21.0. The summed E-state index contributed by atoms with van der Waals surface area (Å²) in [6.07, 6.45) is 0. The molecule has 4 aromatic rings. The third-order valence-corrected chi connectivity index (χ3v) is 6.00. The number of H-pyrrole nitrogens is 1. The van der Waals surface area contributed by atoms with Gasteiger partial charge in [-0.25, -0.2) is 0 Å². The predicted octanol–water partition coefficient (Wildman–Crippen LogP) is 4.92. The number of phenols is 1. The van der Waals surface area contributed by atoms with Crippen LogP contribution in [0.5, 0.6) is 5.75 Å². The third-order valence-electron chi connectivity index (χ3n) is 5.62. The lowest BCUT2D eigenvalue weighted by Crippen LogP contribution is -2.30. The highest BCUT2D eigenvalue weighted by molar-refractivity contribution is 6.19. The number of nitro groups is 1. The second kappa shape index (κ2) is 6.74. The average Bonchev–Trinajstić information content (AvgIpc) is 3.34. The summed E-state index contributed by atoms with van der Waals surface area (Å²) in [7, 11) is 0. The van der Waals surface area contributed by atoms with E-state index in [2.05, 4.69) is 4.98 Å². The van der Waals surface area contributed by atoms with Gasteiger partial charge in [-0.05, 0) is 23.1 Å². The van der Waals surface area contributed by atoms with Gasteiger partial charge in [-0.2, -0.15) is 0 Å². The lowest BCUT2D eigenvalue weighted by Gasteiger charge is -2.17. The number of aromatic hydroxyl groups is 1. The van der Waals surface area contributed by atoms with Crippen LogP contribution in [-0.2, 0) is 0 Å². The van der Waals surface area contributed by atoms with Crippen molar-refractivity contribution >= 4 is 50.6 Å². The van der Waals surface area contributed by atoms with Crippen molar-refractivity contribution in [3.8, 4) is 5.75 Å². The van der Waals surface area contributed by atoms with Crippen LogP contribution in [-0.4, -0.2) is 33.3 Å². The summed E-state index contributed by atoms with van der Waals surface area (Å²) in [4.78, 5) is 28.5. The monoisotopic (exact) mass is 421 g/mol. The zero-order valence-corrected chi connectivity index (χ0v) is 16.4. The number of rotatable bonds is 3. The molecule has 1 atom stereocenters. The molecule has 0 fully saturated rings. The Morgan fingerprint density at radius 2 is 1.97 bits per heavy atom. The molecule has 1 aromatic heterocycles. The molecule has 1 amide bonds. The van der Waals surface area contributed by atoms with Gasteiger partial charge in [-0.1, -0.05) is 24.3 Å². The lowest BCUT2D eigenvalue weighted by atomic mass is 9.95. The SMILES string of the molecule is O=C(c1cc2ccc([N+](=O)[O-])cc2[nH]1)N1C[C@@H](CCl)c2c1cc(O)c1ccccc21. The Labute approximate surface area is 175 Å². The fourth-order valence-electron chi connectivity index (χ4n) is 4.23. The Kier molecular flexibility index (Phi) is 4.15. The quantitative estimate of drug-likeness (QED) is 0.278. The highest BCUT2D eigenvalue weighted by atomic mass is 35.5. The topological polar surface area (TPSA) is 99.5 Å². The van der Waals surface area contributed by atoms with Gasteiger partial charge < -0.3 is 15.0 Å². The number of phenolic OH excluding ortho intramolecular Hbond substituents is 1. The number of fused-ring (bicyclic) bond motifs is 4. The van der Waals surface area contributed by atoms with Crippen LogP contribution >= 0.6 is 11.6 Å². The van der Waals surface area contributed by atoms with Crippen LogP contribution in [0.3, 0.4) is 0 Å². The first-order valence-corrected chi connectivity index (χ1v) is 9.91. The fourth-order valence-corrected chi connectivity index (χ4v) is 4.49. The van der Waals surface area contributed by atoms with Gasteiger partial charge in [-0.3, -0.25) is 14.9 Å². The molecule has 0 unspecified atom stereocenters. The number of nitro benzene ring substituents is 1. The average molecular weight is 422 g/mol. The number of aromatic amines is 1. The van der Waals surface area contributed by atoms with E-state index < -0.39 is 4.92 Å². The maximum atomic E-state index is 13.3. The van der Waals surface area contributed by atoms with Crippen LogP contribution in [0.15, 0.2) is 54.6 Å². The van der Waals surface area contributed by atoms with Crippen molar-refractivity contribution in [2.24, 2.45) is 0 Å². The van der Waals surface area contributed by atoms with Crippen LogP contribution < -0.4 is 4.90 Å². The molecule has 8 heteroatoms. The molecular formula is C22H16ClN3O4. The molecule has 0 saturated carbocycles. The van der Waals surface area contributed by atoms with E-state index in [1.165, 1.54) is 12.1 Å². The molecular weight excluding hydrogens is 406 g/mol. The summed E-state index contributed by atoms with van der Waals surface area (Å²) < 4.78 is 0. The molecule has 30 heavy (non-hydrogen) atoms. The number of nitrogens with zero attached hydrogens (tertiary/aromatic N) is 2. The molecule has 0 saturated heterocycles. The number of alkyl halides is 1. The van der Waals surface area contributed by atoms with Gasteiger partial charge in [0.1, 0.15) is 11.4 Å². The molecule has 2 heterocycles. The highest BCUT2D eigenvalue weighted by Crippen LogP contribution is 2.45. The van der Waals surface area contributed by atoms with E-state index in [0.717, 1.165) is 16.3 Å². The Hall–Kier alpha value is -3.58. The third kappa shape index (κ3) is 2.70. The number of halogens is 1. The van der Waals surface area contributed by atoms with E-state index in [0.29, 0.717) is 34.7 Å². The van der Waals surface area contributed by atoms with E-state index in [1.807, 2.05) is 24.3 Å². The molecule has 2 N–H and O–H groups in total. The van der Waals surface area contributed by atoms with Gasteiger partial charge in [0.15, 0.2) is 0 Å². The highest BCUT2D eigenvalue weighted by Gasteiger charge is 2.35. The number of non-ortho nitro benzene ring substituents is 1. The Bertz CT molecular complexity index is 1350. The maximum Gasteiger partial charge on any atom is 0.274 e. The molecule has 3 aromatic carbocycles. The van der Waals surface area contributed by atoms with Crippen molar-refractivity contribution in [1.29, 1.82) is 0 Å². The molecule has 0 aliphatic carbocycles. The van der Waals surface area contributed by atoms with Crippen molar-refractivity contribution in [1.82, 2.24) is 4.98 Å². The number of nitrogens with one attached hydrogen (secondary N) is 1. The molecule has 1 aliphatic heterocycles. The van der Waals surface area contributed by atoms with E-state index in [4.69, 9.17) is 11.6 Å². The number of carbonyl (C=O) groups is 1. The van der Waals surface area contributed by atoms with Gasteiger partial charge in [0.2, 0.25) is 0 Å². The van der Waals surface area contributed by atoms with Crippen LogP contribution in [0.4, 0.5) is 11.4 Å². The van der Waals surface area contributed by atoms with Crippen LogP contribution in [0.25, 0.3) is 21.7 Å². The molecule has 0 radical (unpaired) electrons. The second-order valence-electron chi connectivity index (χ2n) is 7.35. The second-order valence-corrected chi connectivity index (χ2v) is 7.66. The van der Waals surface area contributed by atoms with Gasteiger partial charge >= 0.3 is 0 Å². The van der Waals surface area contributed by atoms with Gasteiger partial charge in [-0.15, -0.1) is 11.6 Å². The number of aromatic nitrogens is 1. The molecule has 0 spiro atoms. The van der Waals surface area contributed by atoms with E-state index in [9.17, 15) is 20.0 Å². The predicted molar refractivity (Wildman–Crippen MR) is 116 cm³/mol. The van der Waals surface area contributed by atoms with Crippen molar-refractivity contribution in [2.75, 3.05) is 17.3 Å². The van der Waals surface area contributed by atoms with Crippen molar-refractivity contribution < 1.29 is 14.8 Å². The number of hydrogen-bond donors (Lipinski definition) is 2. The minimum absolute atomic E-state index is 0.0477. The van der Waals surface area contributed by atoms with Gasteiger partial charge in [0.25, 0.3) is 11.6 Å². The maximum absolute atomic E-state index is 13.3. The summed E-state index contributed by atoms with van der Waals surface area (Å²) in [5.41, 5.74) is 2.36. The summed E-state index contributed by atoms with van der Waals surface area (Å²) in [6, 6.07) is 15.2. The van der Waals surface area contributed by atoms with Crippen molar-refractivity contribution in [3.05, 3.63) is 76.0 Å². The Balaban J connectivity index is 1.61. The molecule has 5 rings (SSSR count). The molecule has 0 bridgehead atoms. The van der Waals surface area contributed by atoms with Crippen molar-refractivity contribution in [3.63, 3.8) is 0 Å². The summed E-state index contributed by atoms with van der Waals surface area (Å²) in [6.45, 7) is 0.390. The fraction of sp³-hybridized carbons (Fsp3) is 0.136. The normalized spacial score (nSPS) is 15.6. The Morgan fingerprint density at radius 3 is 2.70 bits per heavy atom. The first-order chi connectivity index (χ1) is 14.5. The van der Waals surface area contributed by atoms with E-state index in [-0.39, 0.29) is 23.3 Å². The van der Waals surface area contributed by atoms with Crippen molar-refractivity contribution in [2.45, 2.75) is 5.92 Å². The lowest BCUT2D eigenvalue weighted by molar-refractivity contribution is -0.384. The molecule has 7 nitrogen and oxygen atoms in total.